The van der Waals surface area contributed by atoms with Gasteiger partial charge in [-0.15, -0.1) is 5.92 Å². The number of fused-ring (bicyclic) bond motifs is 3. The largest absolute Gasteiger partial charge is 0.495 e. The summed E-state index contributed by atoms with van der Waals surface area (Å²) in [7, 11) is 6.22. The second-order valence-electron chi connectivity index (χ2n) is 19.5. The van der Waals surface area contributed by atoms with Gasteiger partial charge < -0.3 is 33.6 Å². The molecule has 0 saturated carbocycles. The van der Waals surface area contributed by atoms with Gasteiger partial charge in [-0.3, -0.25) is 14.4 Å². The van der Waals surface area contributed by atoms with E-state index in [4.69, 9.17) is 28.9 Å². The molecule has 1 amide bonds. The van der Waals surface area contributed by atoms with Gasteiger partial charge in [0.1, 0.15) is 23.9 Å². The fourth-order valence-electron chi connectivity index (χ4n) is 11.0. The molecule has 0 N–H and O–H groups in total. The van der Waals surface area contributed by atoms with Crippen LogP contribution in [0.3, 0.4) is 0 Å². The third kappa shape index (κ3) is 9.78. The van der Waals surface area contributed by atoms with Crippen molar-refractivity contribution in [3.63, 3.8) is 0 Å². The molecule has 19 heteroatoms. The van der Waals surface area contributed by atoms with Crippen LogP contribution < -0.4 is 24.0 Å². The summed E-state index contributed by atoms with van der Waals surface area (Å²) >= 11 is 0. The van der Waals surface area contributed by atoms with Crippen molar-refractivity contribution in [1.82, 2.24) is 29.5 Å². The average Bonchev–Trinajstić information content (AvgIpc) is 3.93. The minimum atomic E-state index is -5.11. The van der Waals surface area contributed by atoms with E-state index in [1.807, 2.05) is 42.5 Å². The van der Waals surface area contributed by atoms with Crippen molar-refractivity contribution in [3.8, 4) is 29.4 Å². The molecule has 3 atom stereocenters. The first-order valence-electron chi connectivity index (χ1n) is 24.2. The predicted octanol–water partition coefficient (Wildman–Crippen LogP) is 10.6. The van der Waals surface area contributed by atoms with Crippen molar-refractivity contribution in [2.24, 2.45) is 5.92 Å². The summed E-state index contributed by atoms with van der Waals surface area (Å²) in [6.45, 7) is 9.03. The fraction of sp³-hybridized carbons (Fsp3) is 0.444. The van der Waals surface area contributed by atoms with Crippen LogP contribution >= 0.6 is 0 Å². The van der Waals surface area contributed by atoms with Crippen LogP contribution in [0.4, 0.5) is 49.2 Å². The minimum absolute atomic E-state index is 0.0694. The van der Waals surface area contributed by atoms with Crippen molar-refractivity contribution in [2.45, 2.75) is 97.3 Å². The lowest BCUT2D eigenvalue weighted by Gasteiger charge is -2.34. The summed E-state index contributed by atoms with van der Waals surface area (Å²) in [5.41, 5.74) is 1.34. The number of aromatic nitrogens is 4. The molecule has 73 heavy (non-hydrogen) atoms. The molecule has 2 fully saturated rings. The molecule has 9 rings (SSSR count). The van der Waals surface area contributed by atoms with Gasteiger partial charge in [-0.25, -0.2) is 4.39 Å². The van der Waals surface area contributed by atoms with Gasteiger partial charge in [0, 0.05) is 62.4 Å². The van der Waals surface area contributed by atoms with E-state index in [9.17, 15) is 13.6 Å². The van der Waals surface area contributed by atoms with Gasteiger partial charge in [-0.1, -0.05) is 18.1 Å². The second kappa shape index (κ2) is 20.3. The number of amides is 1. The third-order valence-corrected chi connectivity index (χ3v) is 14.4. The first-order valence-corrected chi connectivity index (χ1v) is 24.2. The summed E-state index contributed by atoms with van der Waals surface area (Å²) in [5.74, 6) is 4.43. The Morgan fingerprint density at radius 2 is 1.66 bits per heavy atom. The molecule has 5 aromatic rings. The molecule has 0 aliphatic carbocycles. The second-order valence-corrected chi connectivity index (χ2v) is 19.5. The molecule has 6 heterocycles. The zero-order valence-corrected chi connectivity index (χ0v) is 42.1. The van der Waals surface area contributed by atoms with Crippen LogP contribution in [0.1, 0.15) is 99.5 Å². The third-order valence-electron chi connectivity index (χ3n) is 14.4. The van der Waals surface area contributed by atoms with Gasteiger partial charge in [0.15, 0.2) is 11.5 Å². The summed E-state index contributed by atoms with van der Waals surface area (Å²) < 4.78 is 119. The number of halogens is 6. The van der Waals surface area contributed by atoms with Crippen molar-refractivity contribution < 1.29 is 50.1 Å². The highest BCUT2D eigenvalue weighted by atomic mass is 19.4. The molecule has 0 radical (unpaired) electrons. The van der Waals surface area contributed by atoms with E-state index in [0.29, 0.717) is 91.0 Å². The first-order chi connectivity index (χ1) is 34.8. The molecule has 4 aliphatic rings. The lowest BCUT2D eigenvalue weighted by Crippen LogP contribution is -2.43. The number of rotatable bonds is 12. The highest BCUT2D eigenvalue weighted by molar-refractivity contribution is 5.93. The normalized spacial score (nSPS) is 19.5. The zero-order chi connectivity index (χ0) is 52.1. The summed E-state index contributed by atoms with van der Waals surface area (Å²) in [6, 6.07) is 11.5. The number of alkyl halides is 3. The topological polar surface area (TPSA) is 111 Å². The number of aryl methyl sites for hydroxylation is 3. The molecule has 0 unspecified atom stereocenters. The number of hydrogen-bond donors (Lipinski definition) is 0. The van der Waals surface area contributed by atoms with E-state index in [1.165, 1.54) is 30.9 Å². The fourth-order valence-corrected chi connectivity index (χ4v) is 11.0. The Morgan fingerprint density at radius 3 is 2.29 bits per heavy atom. The lowest BCUT2D eigenvalue weighted by atomic mass is 9.90. The molecule has 2 saturated heterocycles. The van der Waals surface area contributed by atoms with Gasteiger partial charge in [-0.2, -0.15) is 37.0 Å². The number of methoxy groups -OCH3 is 2. The van der Waals surface area contributed by atoms with Crippen molar-refractivity contribution in [1.29, 1.82) is 0 Å². The minimum Gasteiger partial charge on any atom is -0.495 e. The predicted molar refractivity (Wildman–Crippen MR) is 263 cm³/mol. The average molecular weight is 1010 g/mol. The Bertz CT molecular complexity index is 3000. The zero-order valence-electron chi connectivity index (χ0n) is 42.1. The number of nitrogens with zero attached hydrogens (tertiary/aromatic N) is 8. The van der Waals surface area contributed by atoms with E-state index in [0.717, 1.165) is 35.4 Å². The van der Waals surface area contributed by atoms with Crippen LogP contribution in [0.2, 0.25) is 0 Å². The van der Waals surface area contributed by atoms with Crippen LogP contribution in [0.5, 0.6) is 17.5 Å². The Balaban J connectivity index is 1.20. The van der Waals surface area contributed by atoms with Gasteiger partial charge in [0.25, 0.3) is 12.0 Å². The van der Waals surface area contributed by atoms with Crippen molar-refractivity contribution in [3.05, 3.63) is 116 Å². The molecule has 386 valence electrons. The first kappa shape index (κ1) is 51.1. The van der Waals surface area contributed by atoms with Gasteiger partial charge in [0.05, 0.1) is 73.0 Å². The summed E-state index contributed by atoms with van der Waals surface area (Å²) in [6.07, 6.45) is -5.20. The van der Waals surface area contributed by atoms with Crippen LogP contribution in [-0.2, 0) is 37.0 Å². The molecule has 3 aromatic carbocycles. The quantitative estimate of drug-likeness (QED) is 0.0880. The molecular weight excluding hydrogens is 955 g/mol. The van der Waals surface area contributed by atoms with Crippen molar-refractivity contribution in [2.75, 3.05) is 64.4 Å². The molecule has 4 aliphatic heterocycles. The van der Waals surface area contributed by atoms with Crippen LogP contribution in [0.15, 0.2) is 54.6 Å². The Kier molecular flexibility index (Phi) is 14.2. The summed E-state index contributed by atoms with van der Waals surface area (Å²) in [5, 5.41) is 4.68. The molecule has 0 spiro atoms. The lowest BCUT2D eigenvalue weighted by molar-refractivity contribution is -0.140. The maximum atomic E-state index is 18.3. The van der Waals surface area contributed by atoms with Crippen LogP contribution in [0, 0.1) is 44.3 Å². The monoisotopic (exact) mass is 1010 g/mol. The molecule has 13 nitrogen and oxygen atoms in total. The van der Waals surface area contributed by atoms with Crippen LogP contribution in [-0.4, -0.2) is 95.6 Å². The Labute approximate surface area is 420 Å². The van der Waals surface area contributed by atoms with E-state index in [-0.39, 0.29) is 55.4 Å². The number of benzene rings is 3. The van der Waals surface area contributed by atoms with E-state index in [2.05, 4.69) is 21.8 Å². The standard InChI is InChI=1S/C54H58F6N8O5/c1-9-12-35-24-40(68(38-21-31(2)13-15-42(38)70-7)39-22-32(3)14-16-43(39)71-8)48(57)46(47(35)54(58,59)60)44-25-37-36(29-72-44)50(65-18-11-20-67-41(28-65)33(4)49(63-67)51(69)64(5)6)62-52(61-37)73-30-53-17-10-19-66(53)27-34(26-53)23-45(55)56/h13-16,21-24,34,44H,10-11,17-20,25-30H2,1-8H3/t34-,44-,53+/m0/s1. The molecule has 2 aromatic heterocycles. The van der Waals surface area contributed by atoms with Crippen LogP contribution in [0.25, 0.3) is 0 Å². The van der Waals surface area contributed by atoms with E-state index >= 15 is 17.6 Å². The van der Waals surface area contributed by atoms with Gasteiger partial charge in [0.2, 0.25) is 0 Å². The Morgan fingerprint density at radius 1 is 0.959 bits per heavy atom. The molecular formula is C54H58F6N8O5. The Hall–Kier alpha value is -6.78. The van der Waals surface area contributed by atoms with Crippen molar-refractivity contribution >= 4 is 28.8 Å². The highest BCUT2D eigenvalue weighted by Crippen LogP contribution is 2.51. The smallest absolute Gasteiger partial charge is 0.418 e. The SMILES string of the molecule is CC#Cc1cc(N(c2cc(C)ccc2OC)c2cc(C)ccc2OC)c(F)c([C@@H]2Cc3nc(OC[C@]45CCCN4C[C@@H](C=C(F)F)C5)nc(N4CCCn5nc(C(=O)N(C)C)c(C)c5C4)c3CO2)c1C(F)(F)F. The number of anilines is 4. The number of hydrogen-bond acceptors (Lipinski definition) is 11. The maximum absolute atomic E-state index is 18.3. The number of ether oxygens (including phenoxy) is 4. The van der Waals surface area contributed by atoms with Gasteiger partial charge in [-0.05, 0) is 113 Å². The number of carbonyl (C=O) groups is 1. The number of carbonyl (C=O) groups excluding carboxylic acids is 1. The van der Waals surface area contributed by atoms with E-state index < -0.39 is 46.4 Å². The van der Waals surface area contributed by atoms with E-state index in [1.54, 1.807) is 38.4 Å². The summed E-state index contributed by atoms with van der Waals surface area (Å²) in [4.78, 5) is 30.2. The van der Waals surface area contributed by atoms with Gasteiger partial charge >= 0.3 is 12.2 Å². The maximum Gasteiger partial charge on any atom is 0.418 e. The highest BCUT2D eigenvalue weighted by Gasteiger charge is 2.49. The molecule has 0 bridgehead atoms.